The van der Waals surface area contributed by atoms with Gasteiger partial charge in [-0.3, -0.25) is 4.79 Å². The minimum absolute atomic E-state index is 0.153. The van der Waals surface area contributed by atoms with Gasteiger partial charge >= 0.3 is 0 Å². The fraction of sp³-hybridized carbons (Fsp3) is 0.909. The number of ether oxygens (including phenoxy) is 3. The summed E-state index contributed by atoms with van der Waals surface area (Å²) in [7, 11) is 1.75. The van der Waals surface area contributed by atoms with Crippen molar-refractivity contribution in [1.29, 1.82) is 0 Å². The Bertz CT molecular complexity index is 968. The number of allylic oxidation sites excluding steroid dienone is 2. The number of Topliss-reactive ketones (excluding diaryl/α,β-unsaturated/α-hetero) is 1. The molecule has 0 radical (unpaired) electrons. The quantitative estimate of drug-likeness (QED) is 0.387. The molecule has 10 atom stereocenters. The van der Waals surface area contributed by atoms with Crippen molar-refractivity contribution in [2.75, 3.05) is 13.7 Å². The second kappa shape index (κ2) is 9.39. The maximum absolute atomic E-state index is 12.9. The zero-order chi connectivity index (χ0) is 27.9. The molecule has 0 unspecified atom stereocenters. The topological polar surface area (TPSA) is 65.0 Å². The Hall–Kier alpha value is -0.750. The number of methoxy groups -OCH3 is 1. The van der Waals surface area contributed by atoms with E-state index in [-0.39, 0.29) is 40.0 Å². The summed E-state index contributed by atoms with van der Waals surface area (Å²) < 4.78 is 18.3. The second-order valence-electron chi connectivity index (χ2n) is 15.2. The summed E-state index contributed by atoms with van der Waals surface area (Å²) in [5, 5.41) is 11.2. The third-order valence-corrected chi connectivity index (χ3v) is 13.1. The van der Waals surface area contributed by atoms with Gasteiger partial charge in [-0.1, -0.05) is 46.3 Å². The van der Waals surface area contributed by atoms with Crippen LogP contribution in [0.15, 0.2) is 11.6 Å². The summed E-state index contributed by atoms with van der Waals surface area (Å²) in [4.78, 5) is 12.9. The van der Waals surface area contributed by atoms with Crippen LogP contribution in [-0.4, -0.2) is 48.7 Å². The minimum Gasteiger partial charge on any atom is -0.387 e. The number of carbonyl (C=O) groups excluding carboxylic acids is 1. The molecule has 4 fully saturated rings. The van der Waals surface area contributed by atoms with Gasteiger partial charge in [0.05, 0.1) is 11.7 Å². The van der Waals surface area contributed by atoms with Crippen LogP contribution in [0.5, 0.6) is 0 Å². The van der Waals surface area contributed by atoms with Gasteiger partial charge in [-0.05, 0) is 99.7 Å². The molecule has 0 aromatic carbocycles. The third-order valence-electron chi connectivity index (χ3n) is 13.1. The number of rotatable bonds is 6. The van der Waals surface area contributed by atoms with Gasteiger partial charge in [-0.15, -0.1) is 0 Å². The highest BCUT2D eigenvalue weighted by molar-refractivity contribution is 5.85. The van der Waals surface area contributed by atoms with Gasteiger partial charge in [0, 0.05) is 31.5 Å². The van der Waals surface area contributed by atoms with Crippen LogP contribution in [-0.2, 0) is 19.0 Å². The van der Waals surface area contributed by atoms with Crippen LogP contribution in [0.1, 0.15) is 107 Å². The SMILES string of the molecule is CCOC(C)(C)[C@@H](O)[C@H]1C[C@@H]([C@@H]2CC[C@]3(C)C4=CC[C@H]5C(C)(C)C(=O)CC[C@]5(C)[C@H]4CC[C@@]23C)[C@H](OC)O1. The first-order chi connectivity index (χ1) is 17.7. The number of fused-ring (bicyclic) bond motifs is 5. The lowest BCUT2D eigenvalue weighted by Gasteiger charge is -2.63. The molecule has 38 heavy (non-hydrogen) atoms. The van der Waals surface area contributed by atoms with Gasteiger partial charge in [-0.2, -0.15) is 0 Å². The van der Waals surface area contributed by atoms with E-state index in [1.165, 1.54) is 25.7 Å². The maximum atomic E-state index is 12.9. The molecule has 0 aromatic rings. The van der Waals surface area contributed by atoms with Crippen molar-refractivity contribution in [3.8, 4) is 0 Å². The standard InChI is InChI=1S/C33H54O5/c1-10-37-30(4,5)27(35)24-19-20(28(36-9)38-24)21-13-17-33(8)23-11-12-25-29(2,3)26(34)15-16-31(25,6)22(23)14-18-32(21,33)7/h11,20-22,24-25,27-28,35H,10,12-19H2,1-9H3/t20-,21-,22-,24+,25-,27-,28+,31+,32-,33+/m0/s1. The summed E-state index contributed by atoms with van der Waals surface area (Å²) in [6, 6.07) is 0. The molecule has 0 amide bonds. The summed E-state index contributed by atoms with van der Waals surface area (Å²) in [6.45, 7) is 18.5. The summed E-state index contributed by atoms with van der Waals surface area (Å²) in [5.41, 5.74) is 1.33. The van der Waals surface area contributed by atoms with Crippen molar-refractivity contribution in [3.05, 3.63) is 11.6 Å². The molecule has 5 aliphatic rings. The van der Waals surface area contributed by atoms with E-state index in [4.69, 9.17) is 14.2 Å². The molecule has 0 aromatic heterocycles. The zero-order valence-corrected chi connectivity index (χ0v) is 25.6. The molecule has 1 N–H and O–H groups in total. The highest BCUT2D eigenvalue weighted by atomic mass is 16.7. The molecule has 4 aliphatic carbocycles. The number of aliphatic hydroxyl groups is 1. The fourth-order valence-corrected chi connectivity index (χ4v) is 10.6. The van der Waals surface area contributed by atoms with E-state index >= 15 is 0 Å². The molecule has 1 saturated heterocycles. The Morgan fingerprint density at radius 1 is 1.13 bits per heavy atom. The number of carbonyl (C=O) groups is 1. The molecule has 0 bridgehead atoms. The molecule has 1 heterocycles. The van der Waals surface area contributed by atoms with Crippen LogP contribution in [0.25, 0.3) is 0 Å². The van der Waals surface area contributed by atoms with Gasteiger partial charge in [0.2, 0.25) is 0 Å². The minimum atomic E-state index is -0.697. The lowest BCUT2D eigenvalue weighted by Crippen LogP contribution is -2.57. The fourth-order valence-electron chi connectivity index (χ4n) is 10.6. The Morgan fingerprint density at radius 2 is 1.84 bits per heavy atom. The second-order valence-corrected chi connectivity index (χ2v) is 15.2. The number of hydrogen-bond donors (Lipinski definition) is 1. The Morgan fingerprint density at radius 3 is 2.50 bits per heavy atom. The van der Waals surface area contributed by atoms with Crippen LogP contribution < -0.4 is 0 Å². The van der Waals surface area contributed by atoms with E-state index in [9.17, 15) is 9.90 Å². The predicted octanol–water partition coefficient (Wildman–Crippen LogP) is 6.71. The van der Waals surface area contributed by atoms with E-state index in [2.05, 4.69) is 40.7 Å². The van der Waals surface area contributed by atoms with Crippen molar-refractivity contribution in [3.63, 3.8) is 0 Å². The average Bonchev–Trinajstić information content (AvgIpc) is 3.39. The first-order valence-corrected chi connectivity index (χ1v) is 15.4. The van der Waals surface area contributed by atoms with E-state index in [0.29, 0.717) is 30.1 Å². The third kappa shape index (κ3) is 3.88. The van der Waals surface area contributed by atoms with Gasteiger partial charge < -0.3 is 19.3 Å². The maximum Gasteiger partial charge on any atom is 0.160 e. The molecule has 0 spiro atoms. The molecule has 1 aliphatic heterocycles. The van der Waals surface area contributed by atoms with Gasteiger partial charge in [-0.25, -0.2) is 0 Å². The average molecular weight is 531 g/mol. The molecule has 216 valence electrons. The van der Waals surface area contributed by atoms with Crippen molar-refractivity contribution < 1.29 is 24.1 Å². The lowest BCUT2D eigenvalue weighted by atomic mass is 9.41. The highest BCUT2D eigenvalue weighted by Crippen LogP contribution is 2.73. The normalized spacial score (nSPS) is 47.2. The van der Waals surface area contributed by atoms with Crippen molar-refractivity contribution >= 4 is 5.78 Å². The monoisotopic (exact) mass is 530 g/mol. The van der Waals surface area contributed by atoms with Crippen LogP contribution in [0, 0.1) is 45.3 Å². The highest BCUT2D eigenvalue weighted by Gasteiger charge is 2.67. The first-order valence-electron chi connectivity index (χ1n) is 15.4. The molecule has 5 rings (SSSR count). The molecular weight excluding hydrogens is 476 g/mol. The lowest BCUT2D eigenvalue weighted by molar-refractivity contribution is -0.192. The summed E-state index contributed by atoms with van der Waals surface area (Å²) in [6.07, 6.45) is 9.72. The van der Waals surface area contributed by atoms with Crippen molar-refractivity contribution in [2.45, 2.75) is 131 Å². The van der Waals surface area contributed by atoms with E-state index in [1.807, 2.05) is 20.8 Å². The van der Waals surface area contributed by atoms with Crippen LogP contribution >= 0.6 is 0 Å². The Balaban J connectivity index is 1.43. The largest absolute Gasteiger partial charge is 0.387 e. The predicted molar refractivity (Wildman–Crippen MR) is 149 cm³/mol. The van der Waals surface area contributed by atoms with Gasteiger partial charge in [0.25, 0.3) is 0 Å². The molecule has 3 saturated carbocycles. The van der Waals surface area contributed by atoms with Gasteiger partial charge in [0.1, 0.15) is 11.9 Å². The number of ketones is 1. The molecular formula is C33H54O5. The van der Waals surface area contributed by atoms with Gasteiger partial charge in [0.15, 0.2) is 6.29 Å². The molecule has 5 nitrogen and oxygen atoms in total. The Kier molecular flexibility index (Phi) is 7.11. The summed E-state index contributed by atoms with van der Waals surface area (Å²) >= 11 is 0. The van der Waals surface area contributed by atoms with Crippen LogP contribution in [0.2, 0.25) is 0 Å². The summed E-state index contributed by atoms with van der Waals surface area (Å²) in [5.74, 6) is 2.22. The zero-order valence-electron chi connectivity index (χ0n) is 25.6. The van der Waals surface area contributed by atoms with E-state index in [1.54, 1.807) is 12.7 Å². The number of aliphatic hydroxyl groups excluding tert-OH is 1. The first kappa shape index (κ1) is 28.8. The smallest absolute Gasteiger partial charge is 0.160 e. The Labute approximate surface area is 231 Å². The van der Waals surface area contributed by atoms with Crippen LogP contribution in [0.4, 0.5) is 0 Å². The van der Waals surface area contributed by atoms with Crippen LogP contribution in [0.3, 0.4) is 0 Å². The van der Waals surface area contributed by atoms with E-state index < -0.39 is 11.7 Å². The van der Waals surface area contributed by atoms with Crippen molar-refractivity contribution in [2.24, 2.45) is 45.3 Å². The molecule has 5 heteroatoms. The van der Waals surface area contributed by atoms with E-state index in [0.717, 1.165) is 25.7 Å². The van der Waals surface area contributed by atoms with Crippen molar-refractivity contribution in [1.82, 2.24) is 0 Å². The number of hydrogen-bond acceptors (Lipinski definition) is 5.